The maximum atomic E-state index is 14.1. The van der Waals surface area contributed by atoms with Gasteiger partial charge in [-0.15, -0.1) is 0 Å². The number of hydrogen-bond acceptors (Lipinski definition) is 8. The number of carbonyl (C=O) groups excluding carboxylic acids is 2. The second-order valence-electron chi connectivity index (χ2n) is 15.4. The van der Waals surface area contributed by atoms with E-state index in [4.69, 9.17) is 11.5 Å². The first-order valence-electron chi connectivity index (χ1n) is 20.4. The number of aromatic nitrogens is 6. The molecule has 332 valence electrons. The number of nitrogens with two attached hydrogens (primary N) is 2. The molecule has 18 heteroatoms. The fourth-order valence-corrected chi connectivity index (χ4v) is 10.7. The van der Waals surface area contributed by atoms with Crippen LogP contribution < -0.4 is 11.5 Å². The van der Waals surface area contributed by atoms with Crippen molar-refractivity contribution < 1.29 is 35.2 Å². The Balaban J connectivity index is 0.000000166. The lowest BCUT2D eigenvalue weighted by Crippen LogP contribution is -2.13. The van der Waals surface area contributed by atoms with Crippen LogP contribution in [0.1, 0.15) is 12.8 Å². The van der Waals surface area contributed by atoms with Crippen LogP contribution in [-0.2, 0) is 42.7 Å². The van der Waals surface area contributed by atoms with Gasteiger partial charge in [0.05, 0.1) is 55.5 Å². The highest BCUT2D eigenvalue weighted by atomic mass is 32.2. The summed E-state index contributed by atoms with van der Waals surface area (Å²) < 4.78 is 87.5. The molecule has 0 bridgehead atoms. The van der Waals surface area contributed by atoms with Crippen LogP contribution in [0.5, 0.6) is 0 Å². The largest absolute Gasteiger partial charge is 0.370 e. The van der Waals surface area contributed by atoms with Crippen LogP contribution in [0.15, 0.2) is 168 Å². The van der Waals surface area contributed by atoms with Gasteiger partial charge in [0.2, 0.25) is 11.8 Å². The van der Waals surface area contributed by atoms with E-state index in [-0.39, 0.29) is 33.7 Å². The topological polar surface area (TPSA) is 200 Å². The van der Waals surface area contributed by atoms with E-state index in [0.29, 0.717) is 40.5 Å². The van der Waals surface area contributed by atoms with Gasteiger partial charge in [-0.25, -0.2) is 43.5 Å². The second kappa shape index (κ2) is 17.2. The number of primary amides is 2. The van der Waals surface area contributed by atoms with E-state index in [0.717, 1.165) is 35.6 Å². The van der Waals surface area contributed by atoms with Gasteiger partial charge in [-0.1, -0.05) is 48.5 Å². The molecule has 6 aromatic carbocycles. The maximum absolute atomic E-state index is 14.1. The molecule has 0 atom stereocenters. The SMILES string of the molecule is NC(=O)CCn1cnc2cc(-c3cn(S(=O)(=O)c4ccccc4)c4cc(F)ccc34)ccc21.NC(=O)CCn1cnc2ccc(-c3cn(S(=O)(=O)c4ccccc4)c4cc(F)ccc34)cc21. The Bertz CT molecular complexity index is 3740. The van der Waals surface area contributed by atoms with Crippen molar-refractivity contribution in [2.75, 3.05) is 0 Å². The maximum Gasteiger partial charge on any atom is 0.268 e. The lowest BCUT2D eigenvalue weighted by atomic mass is 10.0. The highest BCUT2D eigenvalue weighted by Crippen LogP contribution is 2.37. The number of rotatable bonds is 12. The summed E-state index contributed by atoms with van der Waals surface area (Å²) in [7, 11) is -7.88. The Hall–Kier alpha value is -7.96. The smallest absolute Gasteiger partial charge is 0.268 e. The molecule has 0 aliphatic rings. The van der Waals surface area contributed by atoms with Gasteiger partial charge >= 0.3 is 0 Å². The van der Waals surface area contributed by atoms with E-state index < -0.39 is 43.5 Å². The van der Waals surface area contributed by atoms with Crippen molar-refractivity contribution in [1.82, 2.24) is 27.0 Å². The Labute approximate surface area is 376 Å². The minimum atomic E-state index is -3.95. The molecule has 14 nitrogen and oxygen atoms in total. The molecule has 0 saturated carbocycles. The molecule has 0 fully saturated rings. The Morgan fingerprint density at radius 2 is 0.955 bits per heavy atom. The van der Waals surface area contributed by atoms with Crippen LogP contribution in [0.3, 0.4) is 0 Å². The summed E-state index contributed by atoms with van der Waals surface area (Å²) in [5.41, 5.74) is 16.8. The van der Waals surface area contributed by atoms with Crippen molar-refractivity contribution in [3.05, 3.63) is 170 Å². The third-order valence-electron chi connectivity index (χ3n) is 11.1. The molecule has 0 radical (unpaired) electrons. The normalized spacial score (nSPS) is 11.9. The fourth-order valence-electron chi connectivity index (χ4n) is 7.89. The van der Waals surface area contributed by atoms with Crippen molar-refractivity contribution in [1.29, 1.82) is 0 Å². The van der Waals surface area contributed by atoms with Crippen molar-refractivity contribution >= 4 is 75.7 Å². The summed E-state index contributed by atoms with van der Waals surface area (Å²) in [4.78, 5) is 31.3. The molecule has 4 aromatic heterocycles. The van der Waals surface area contributed by atoms with Gasteiger partial charge in [0, 0.05) is 60.2 Å². The molecule has 0 aliphatic heterocycles. The highest BCUT2D eigenvalue weighted by Gasteiger charge is 2.24. The quantitative estimate of drug-likeness (QED) is 0.124. The minimum absolute atomic E-state index is 0.109. The molecule has 4 N–H and O–H groups in total. The number of aryl methyl sites for hydroxylation is 2. The van der Waals surface area contributed by atoms with Crippen molar-refractivity contribution in [3.63, 3.8) is 0 Å². The molecule has 2 amide bonds. The van der Waals surface area contributed by atoms with Crippen LogP contribution in [-0.4, -0.2) is 55.7 Å². The summed E-state index contributed by atoms with van der Waals surface area (Å²) in [6, 6.07) is 35.3. The minimum Gasteiger partial charge on any atom is -0.370 e. The van der Waals surface area contributed by atoms with E-state index in [1.165, 1.54) is 60.9 Å². The van der Waals surface area contributed by atoms with Gasteiger partial charge in [0.25, 0.3) is 20.0 Å². The molecule has 10 rings (SSSR count). The molecule has 66 heavy (non-hydrogen) atoms. The van der Waals surface area contributed by atoms with Crippen molar-refractivity contribution in [2.45, 2.75) is 35.7 Å². The summed E-state index contributed by atoms with van der Waals surface area (Å²) in [5, 5.41) is 1.20. The van der Waals surface area contributed by atoms with Crippen LogP contribution >= 0.6 is 0 Å². The molecule has 0 aliphatic carbocycles. The number of nitrogens with zero attached hydrogens (tertiary/aromatic N) is 6. The zero-order chi connectivity index (χ0) is 46.3. The van der Waals surface area contributed by atoms with Crippen LogP contribution in [0.25, 0.3) is 66.1 Å². The van der Waals surface area contributed by atoms with Gasteiger partial charge in [-0.3, -0.25) is 9.59 Å². The Kier molecular flexibility index (Phi) is 11.3. The Morgan fingerprint density at radius 1 is 0.500 bits per heavy atom. The van der Waals surface area contributed by atoms with E-state index in [9.17, 15) is 35.2 Å². The summed E-state index contributed by atoms with van der Waals surface area (Å²) in [6.07, 6.45) is 6.66. The van der Waals surface area contributed by atoms with Crippen LogP contribution in [0.2, 0.25) is 0 Å². The summed E-state index contributed by atoms with van der Waals surface area (Å²) in [6.45, 7) is 0.795. The van der Waals surface area contributed by atoms with E-state index in [1.807, 2.05) is 45.5 Å². The van der Waals surface area contributed by atoms with Gasteiger partial charge in [0.15, 0.2) is 0 Å². The molecular weight excluding hydrogens is 887 g/mol. The van der Waals surface area contributed by atoms with Gasteiger partial charge in [-0.05, 0) is 96.1 Å². The zero-order valence-corrected chi connectivity index (χ0v) is 36.3. The first-order valence-corrected chi connectivity index (χ1v) is 23.3. The van der Waals surface area contributed by atoms with Gasteiger partial charge < -0.3 is 20.6 Å². The lowest BCUT2D eigenvalue weighted by Gasteiger charge is -2.07. The third kappa shape index (κ3) is 8.18. The summed E-state index contributed by atoms with van der Waals surface area (Å²) >= 11 is 0. The van der Waals surface area contributed by atoms with E-state index >= 15 is 0 Å². The van der Waals surface area contributed by atoms with Crippen molar-refractivity contribution in [2.24, 2.45) is 11.5 Å². The standard InChI is InChI=1S/2C24H19FN4O3S/c25-17-7-8-19-20(14-29(23(19)13-17)33(31,32)18-4-2-1-3-5-18)16-6-9-22-21(12-16)27-15-28(22)11-10-24(26)30;25-17-7-8-19-20(14-29(22(19)13-17)33(31,32)18-4-2-1-3-5-18)16-6-9-21-23(12-16)28(15-27-21)11-10-24(26)30/h2*1-9,12-15H,10-11H2,(H2,26,30). The number of carbonyl (C=O) groups is 2. The van der Waals surface area contributed by atoms with E-state index in [2.05, 4.69) is 9.97 Å². The number of benzene rings is 6. The number of halogens is 2. The fraction of sp³-hybridized carbons (Fsp3) is 0.0833. The average molecular weight is 925 g/mol. The van der Waals surface area contributed by atoms with Crippen molar-refractivity contribution in [3.8, 4) is 22.3 Å². The molecule has 0 saturated heterocycles. The highest BCUT2D eigenvalue weighted by molar-refractivity contribution is 7.90. The average Bonchev–Trinajstić information content (AvgIpc) is 4.11. The second-order valence-corrected chi connectivity index (χ2v) is 19.0. The van der Waals surface area contributed by atoms with Gasteiger partial charge in [-0.2, -0.15) is 0 Å². The number of fused-ring (bicyclic) bond motifs is 4. The number of amides is 2. The molecule has 0 unspecified atom stereocenters. The summed E-state index contributed by atoms with van der Waals surface area (Å²) in [5.74, 6) is -1.87. The molecular formula is C48H38F2N8O6S2. The number of imidazole rings is 2. The molecule has 10 aromatic rings. The number of hydrogen-bond donors (Lipinski definition) is 2. The Morgan fingerprint density at radius 3 is 1.45 bits per heavy atom. The van der Waals surface area contributed by atoms with Crippen LogP contribution in [0, 0.1) is 11.6 Å². The first-order chi connectivity index (χ1) is 31.7. The predicted molar refractivity (Wildman–Crippen MR) is 247 cm³/mol. The van der Waals surface area contributed by atoms with E-state index in [1.54, 1.807) is 61.2 Å². The molecule has 4 heterocycles. The third-order valence-corrected chi connectivity index (χ3v) is 14.5. The zero-order valence-electron chi connectivity index (χ0n) is 34.7. The lowest BCUT2D eigenvalue weighted by molar-refractivity contribution is -0.119. The first kappa shape index (κ1) is 43.3. The molecule has 0 spiro atoms. The van der Waals surface area contributed by atoms with Crippen LogP contribution in [0.4, 0.5) is 8.78 Å². The monoisotopic (exact) mass is 924 g/mol. The predicted octanol–water partition coefficient (Wildman–Crippen LogP) is 7.82. The van der Waals surface area contributed by atoms with Gasteiger partial charge in [0.1, 0.15) is 11.6 Å².